The van der Waals surface area contributed by atoms with E-state index in [0.717, 1.165) is 5.56 Å². The fourth-order valence-electron chi connectivity index (χ4n) is 2.14. The number of hydrogen-bond donors (Lipinski definition) is 3. The molecule has 26 heavy (non-hydrogen) atoms. The molecule has 1 heterocycles. The van der Waals surface area contributed by atoms with Gasteiger partial charge >= 0.3 is 0 Å². The molecule has 0 radical (unpaired) electrons. The summed E-state index contributed by atoms with van der Waals surface area (Å²) in [5.41, 5.74) is 0.932. The first-order chi connectivity index (χ1) is 12.2. The number of hydrogen-bond acceptors (Lipinski definition) is 7. The van der Waals surface area contributed by atoms with Crippen molar-refractivity contribution in [1.82, 2.24) is 10.2 Å². The van der Waals surface area contributed by atoms with Crippen LogP contribution in [0, 0.1) is 0 Å². The quantitative estimate of drug-likeness (QED) is 0.569. The van der Waals surface area contributed by atoms with Crippen LogP contribution in [-0.4, -0.2) is 39.3 Å². The molecular formula is C15H21N5O4S2. The van der Waals surface area contributed by atoms with Crippen LogP contribution in [-0.2, 0) is 26.5 Å². The van der Waals surface area contributed by atoms with Gasteiger partial charge in [0, 0.05) is 6.54 Å². The summed E-state index contributed by atoms with van der Waals surface area (Å²) in [7, 11) is -7.08. The van der Waals surface area contributed by atoms with Crippen LogP contribution in [0.15, 0.2) is 41.3 Å². The highest BCUT2D eigenvalue weighted by atomic mass is 32.2. The molecular weight excluding hydrogens is 378 g/mol. The largest absolute Gasteiger partial charge is 0.368 e. The Bertz CT molecular complexity index is 927. The molecule has 1 aromatic heterocycles. The standard InChI is InChI=1S/C15H21N5O4S2/c1-2-11-25(21,22)20-15-8-7-14(18-19-15)17-10-9-12-3-5-13(6-4-12)26(16,23)24/h3-8H,2,9-11H2,1H3,(H,17,18)(H,19,20)(H2,16,23,24). The van der Waals surface area contributed by atoms with E-state index in [4.69, 9.17) is 5.14 Å². The molecule has 4 N–H and O–H groups in total. The number of benzene rings is 1. The highest BCUT2D eigenvalue weighted by Crippen LogP contribution is 2.11. The lowest BCUT2D eigenvalue weighted by Gasteiger charge is -2.08. The van der Waals surface area contributed by atoms with Crippen LogP contribution in [0.4, 0.5) is 11.6 Å². The number of sulfonamides is 2. The number of aromatic nitrogens is 2. The molecule has 0 bridgehead atoms. The fourth-order valence-corrected chi connectivity index (χ4v) is 3.72. The second-order valence-corrected chi connectivity index (χ2v) is 8.99. The third-order valence-electron chi connectivity index (χ3n) is 3.37. The zero-order chi connectivity index (χ0) is 19.2. The van der Waals surface area contributed by atoms with Crippen molar-refractivity contribution in [2.45, 2.75) is 24.7 Å². The van der Waals surface area contributed by atoms with Crippen LogP contribution in [0.25, 0.3) is 0 Å². The number of primary sulfonamides is 1. The Morgan fingerprint density at radius 3 is 2.12 bits per heavy atom. The number of anilines is 2. The molecule has 11 heteroatoms. The minimum atomic E-state index is -3.69. The average molecular weight is 399 g/mol. The van der Waals surface area contributed by atoms with Crippen molar-refractivity contribution in [3.05, 3.63) is 42.0 Å². The molecule has 1 aromatic carbocycles. The summed E-state index contributed by atoms with van der Waals surface area (Å²) in [6.45, 7) is 2.32. The average Bonchev–Trinajstić information content (AvgIpc) is 2.56. The topological polar surface area (TPSA) is 144 Å². The van der Waals surface area contributed by atoms with Gasteiger partial charge in [0.1, 0.15) is 5.82 Å². The lowest BCUT2D eigenvalue weighted by atomic mass is 10.1. The molecule has 0 amide bonds. The molecule has 2 rings (SSSR count). The third-order valence-corrected chi connectivity index (χ3v) is 5.76. The Labute approximate surface area is 153 Å². The summed E-state index contributed by atoms with van der Waals surface area (Å²) >= 11 is 0. The molecule has 0 fully saturated rings. The van der Waals surface area contributed by atoms with Gasteiger partial charge in [0.2, 0.25) is 20.0 Å². The van der Waals surface area contributed by atoms with E-state index in [1.54, 1.807) is 25.1 Å². The SMILES string of the molecule is CCCS(=O)(=O)Nc1ccc(NCCc2ccc(S(N)(=O)=O)cc2)nn1. The number of nitrogens with zero attached hydrogens (tertiary/aromatic N) is 2. The molecule has 0 unspecified atom stereocenters. The van der Waals surface area contributed by atoms with Crippen molar-refractivity contribution >= 4 is 31.7 Å². The highest BCUT2D eigenvalue weighted by molar-refractivity contribution is 7.92. The van der Waals surface area contributed by atoms with E-state index in [1.165, 1.54) is 18.2 Å². The van der Waals surface area contributed by atoms with Crippen LogP contribution >= 0.6 is 0 Å². The molecule has 142 valence electrons. The van der Waals surface area contributed by atoms with E-state index in [9.17, 15) is 16.8 Å². The third kappa shape index (κ3) is 6.24. The van der Waals surface area contributed by atoms with Gasteiger partial charge in [0.05, 0.1) is 10.6 Å². The van der Waals surface area contributed by atoms with Gasteiger partial charge in [-0.25, -0.2) is 22.0 Å². The number of rotatable bonds is 9. The molecule has 0 spiro atoms. The second-order valence-electron chi connectivity index (χ2n) is 5.59. The normalized spacial score (nSPS) is 11.9. The monoisotopic (exact) mass is 399 g/mol. The lowest BCUT2D eigenvalue weighted by molar-refractivity contribution is 0.596. The first-order valence-corrected chi connectivity index (χ1v) is 11.1. The first kappa shape index (κ1) is 20.1. The first-order valence-electron chi connectivity index (χ1n) is 7.89. The molecule has 0 aliphatic heterocycles. The van der Waals surface area contributed by atoms with E-state index >= 15 is 0 Å². The van der Waals surface area contributed by atoms with E-state index in [1.807, 2.05) is 0 Å². The van der Waals surface area contributed by atoms with Gasteiger partial charge in [0.15, 0.2) is 5.82 Å². The van der Waals surface area contributed by atoms with Crippen LogP contribution in [0.2, 0.25) is 0 Å². The summed E-state index contributed by atoms with van der Waals surface area (Å²) in [5, 5.41) is 15.9. The molecule has 0 aliphatic rings. The van der Waals surface area contributed by atoms with Gasteiger partial charge in [-0.2, -0.15) is 0 Å². The molecule has 0 saturated carbocycles. The Kier molecular flexibility index (Phi) is 6.51. The maximum absolute atomic E-state index is 11.7. The predicted octanol–water partition coefficient (Wildman–Crippen LogP) is 0.930. The Hall–Kier alpha value is -2.24. The van der Waals surface area contributed by atoms with Gasteiger partial charge < -0.3 is 5.32 Å². The Balaban J connectivity index is 1.86. The lowest BCUT2D eigenvalue weighted by Crippen LogP contribution is -2.17. The van der Waals surface area contributed by atoms with Gasteiger partial charge in [-0.15, -0.1) is 10.2 Å². The summed E-state index contributed by atoms with van der Waals surface area (Å²) < 4.78 is 48.1. The number of nitrogens with one attached hydrogen (secondary N) is 2. The van der Waals surface area contributed by atoms with Crippen LogP contribution in [0.1, 0.15) is 18.9 Å². The van der Waals surface area contributed by atoms with Crippen LogP contribution in [0.5, 0.6) is 0 Å². The molecule has 0 atom stereocenters. The van der Waals surface area contributed by atoms with Crippen LogP contribution < -0.4 is 15.2 Å². The summed E-state index contributed by atoms with van der Waals surface area (Å²) in [4.78, 5) is 0.0705. The van der Waals surface area contributed by atoms with Crippen molar-refractivity contribution in [1.29, 1.82) is 0 Å². The van der Waals surface area contributed by atoms with Crippen LogP contribution in [0.3, 0.4) is 0 Å². The Morgan fingerprint density at radius 2 is 1.58 bits per heavy atom. The van der Waals surface area contributed by atoms with Gasteiger partial charge in [-0.05, 0) is 42.7 Å². The van der Waals surface area contributed by atoms with E-state index in [0.29, 0.717) is 25.2 Å². The Morgan fingerprint density at radius 1 is 0.962 bits per heavy atom. The zero-order valence-electron chi connectivity index (χ0n) is 14.2. The minimum Gasteiger partial charge on any atom is -0.368 e. The fraction of sp³-hybridized carbons (Fsp3) is 0.333. The molecule has 0 saturated heterocycles. The summed E-state index contributed by atoms with van der Waals surface area (Å²) in [6.07, 6.45) is 1.15. The maximum Gasteiger partial charge on any atom is 0.238 e. The smallest absolute Gasteiger partial charge is 0.238 e. The summed E-state index contributed by atoms with van der Waals surface area (Å²) in [6, 6.07) is 9.46. The van der Waals surface area contributed by atoms with E-state index in [2.05, 4.69) is 20.2 Å². The van der Waals surface area contributed by atoms with E-state index < -0.39 is 20.0 Å². The predicted molar refractivity (Wildman–Crippen MR) is 99.7 cm³/mol. The van der Waals surface area contributed by atoms with Crippen molar-refractivity contribution in [2.24, 2.45) is 5.14 Å². The molecule has 0 aliphatic carbocycles. The molecule has 2 aromatic rings. The maximum atomic E-state index is 11.7. The minimum absolute atomic E-state index is 0.0267. The van der Waals surface area contributed by atoms with Gasteiger partial charge in [-0.3, -0.25) is 4.72 Å². The van der Waals surface area contributed by atoms with Gasteiger partial charge in [0.25, 0.3) is 0 Å². The second kappa shape index (κ2) is 8.43. The van der Waals surface area contributed by atoms with E-state index in [-0.39, 0.29) is 16.5 Å². The van der Waals surface area contributed by atoms with Crippen molar-refractivity contribution in [3.63, 3.8) is 0 Å². The van der Waals surface area contributed by atoms with Crippen molar-refractivity contribution in [3.8, 4) is 0 Å². The van der Waals surface area contributed by atoms with Gasteiger partial charge in [-0.1, -0.05) is 19.1 Å². The number of nitrogens with two attached hydrogens (primary N) is 1. The summed E-state index contributed by atoms with van der Waals surface area (Å²) in [5.74, 6) is 0.700. The highest BCUT2D eigenvalue weighted by Gasteiger charge is 2.10. The van der Waals surface area contributed by atoms with Crippen molar-refractivity contribution in [2.75, 3.05) is 22.3 Å². The zero-order valence-corrected chi connectivity index (χ0v) is 15.8. The van der Waals surface area contributed by atoms with Crippen molar-refractivity contribution < 1.29 is 16.8 Å². The molecule has 9 nitrogen and oxygen atoms in total.